The summed E-state index contributed by atoms with van der Waals surface area (Å²) in [6.07, 6.45) is 0.270. The van der Waals surface area contributed by atoms with E-state index in [-0.39, 0.29) is 24.3 Å². The summed E-state index contributed by atoms with van der Waals surface area (Å²) in [5.74, 6) is 0.763. The number of cyclic esters (lactones) is 2. The van der Waals surface area contributed by atoms with Gasteiger partial charge in [0.2, 0.25) is 0 Å². The molecule has 11 heavy (non-hydrogen) atoms. The minimum atomic E-state index is -0.378. The lowest BCUT2D eigenvalue weighted by Gasteiger charge is -2.00. The molecule has 0 amide bonds. The maximum absolute atomic E-state index is 10.8. The summed E-state index contributed by atoms with van der Waals surface area (Å²) in [5.41, 5.74) is 0. The lowest BCUT2D eigenvalue weighted by Crippen LogP contribution is -2.09. The monoisotopic (exact) mass is 174 g/mol. The second kappa shape index (κ2) is 3.76. The van der Waals surface area contributed by atoms with Gasteiger partial charge < -0.3 is 4.74 Å². The zero-order valence-corrected chi connectivity index (χ0v) is 7.15. The molecule has 1 aliphatic heterocycles. The molecule has 1 rings (SSSR count). The number of carbonyl (C=O) groups is 2. The molecule has 0 spiro atoms. The molecule has 1 heterocycles. The standard InChI is InChI=1S/C7H10O3S/c1-2-11-4-5-3-6(8)10-7(5)9/h5H,2-4H2,1H3. The van der Waals surface area contributed by atoms with Crippen molar-refractivity contribution >= 4 is 23.7 Å². The summed E-state index contributed by atoms with van der Waals surface area (Å²) in [6.45, 7) is 2.02. The lowest BCUT2D eigenvalue weighted by molar-refractivity contribution is -0.152. The molecule has 0 aromatic rings. The Morgan fingerprint density at radius 3 is 2.82 bits per heavy atom. The van der Waals surface area contributed by atoms with Crippen molar-refractivity contribution in [1.29, 1.82) is 0 Å². The van der Waals surface area contributed by atoms with E-state index >= 15 is 0 Å². The minimum absolute atomic E-state index is 0.188. The molecule has 0 radical (unpaired) electrons. The first-order chi connectivity index (χ1) is 5.24. The van der Waals surface area contributed by atoms with E-state index in [1.165, 1.54) is 0 Å². The maximum atomic E-state index is 10.8. The Labute approximate surface area is 69.5 Å². The summed E-state index contributed by atoms with van der Waals surface area (Å²) < 4.78 is 4.38. The van der Waals surface area contributed by atoms with Crippen molar-refractivity contribution in [3.05, 3.63) is 0 Å². The van der Waals surface area contributed by atoms with Crippen molar-refractivity contribution in [2.45, 2.75) is 13.3 Å². The molecule has 1 unspecified atom stereocenters. The van der Waals surface area contributed by atoms with Crippen molar-refractivity contribution in [3.63, 3.8) is 0 Å². The van der Waals surface area contributed by atoms with Crippen LogP contribution in [0.5, 0.6) is 0 Å². The molecular formula is C7H10O3S. The van der Waals surface area contributed by atoms with Gasteiger partial charge in [0.25, 0.3) is 0 Å². The second-order valence-electron chi connectivity index (χ2n) is 2.35. The Bertz CT molecular complexity index is 179. The van der Waals surface area contributed by atoms with Gasteiger partial charge >= 0.3 is 11.9 Å². The molecule has 1 fully saturated rings. The van der Waals surface area contributed by atoms with Crippen molar-refractivity contribution < 1.29 is 14.3 Å². The molecule has 1 saturated heterocycles. The Kier molecular flexibility index (Phi) is 2.93. The fourth-order valence-corrected chi connectivity index (χ4v) is 1.68. The Hall–Kier alpha value is -0.510. The Morgan fingerprint density at radius 2 is 2.36 bits per heavy atom. The van der Waals surface area contributed by atoms with Crippen LogP contribution in [0.1, 0.15) is 13.3 Å². The van der Waals surface area contributed by atoms with Gasteiger partial charge in [-0.2, -0.15) is 11.8 Å². The van der Waals surface area contributed by atoms with E-state index < -0.39 is 0 Å². The van der Waals surface area contributed by atoms with Gasteiger partial charge in [-0.1, -0.05) is 6.92 Å². The second-order valence-corrected chi connectivity index (χ2v) is 3.67. The average molecular weight is 174 g/mol. The van der Waals surface area contributed by atoms with Crippen LogP contribution in [0.2, 0.25) is 0 Å². The van der Waals surface area contributed by atoms with E-state index in [4.69, 9.17) is 0 Å². The van der Waals surface area contributed by atoms with Crippen molar-refractivity contribution in [1.82, 2.24) is 0 Å². The third-order valence-electron chi connectivity index (χ3n) is 1.48. The highest BCUT2D eigenvalue weighted by Crippen LogP contribution is 2.20. The number of ether oxygens (including phenoxy) is 1. The summed E-state index contributed by atoms with van der Waals surface area (Å²) in [5, 5.41) is 0. The number of hydrogen-bond donors (Lipinski definition) is 0. The predicted octanol–water partition coefficient (Wildman–Crippen LogP) is 0.829. The van der Waals surface area contributed by atoms with Gasteiger partial charge in [0.15, 0.2) is 0 Å². The van der Waals surface area contributed by atoms with E-state index in [1.807, 2.05) is 6.92 Å². The summed E-state index contributed by atoms with van der Waals surface area (Å²) >= 11 is 1.66. The molecule has 3 nitrogen and oxygen atoms in total. The molecule has 1 aliphatic rings. The third kappa shape index (κ3) is 2.22. The molecule has 0 aromatic heterocycles. The topological polar surface area (TPSA) is 43.4 Å². The Morgan fingerprint density at radius 1 is 1.64 bits per heavy atom. The average Bonchev–Trinajstić information content (AvgIpc) is 2.26. The normalized spacial score (nSPS) is 23.9. The number of hydrogen-bond acceptors (Lipinski definition) is 4. The van der Waals surface area contributed by atoms with E-state index in [2.05, 4.69) is 4.74 Å². The van der Waals surface area contributed by atoms with Gasteiger partial charge in [0.05, 0.1) is 12.3 Å². The highest BCUT2D eigenvalue weighted by molar-refractivity contribution is 7.99. The highest BCUT2D eigenvalue weighted by atomic mass is 32.2. The third-order valence-corrected chi connectivity index (χ3v) is 2.53. The molecule has 62 valence electrons. The van der Waals surface area contributed by atoms with Crippen LogP contribution < -0.4 is 0 Å². The molecule has 1 atom stereocenters. The summed E-state index contributed by atoms with van der Waals surface area (Å²) in [6, 6.07) is 0. The van der Waals surface area contributed by atoms with E-state index in [9.17, 15) is 9.59 Å². The first kappa shape index (κ1) is 8.59. The lowest BCUT2D eigenvalue weighted by atomic mass is 10.1. The van der Waals surface area contributed by atoms with Gasteiger partial charge in [-0.05, 0) is 5.75 Å². The zero-order valence-electron chi connectivity index (χ0n) is 6.33. The van der Waals surface area contributed by atoms with Gasteiger partial charge in [0, 0.05) is 5.75 Å². The zero-order chi connectivity index (χ0) is 8.27. The number of thioether (sulfide) groups is 1. The predicted molar refractivity (Wildman–Crippen MR) is 42.2 cm³/mol. The minimum Gasteiger partial charge on any atom is -0.393 e. The Balaban J connectivity index is 2.34. The molecule has 4 heteroatoms. The van der Waals surface area contributed by atoms with E-state index in [1.54, 1.807) is 11.8 Å². The first-order valence-corrected chi connectivity index (χ1v) is 4.71. The maximum Gasteiger partial charge on any atom is 0.318 e. The van der Waals surface area contributed by atoms with Gasteiger partial charge in [-0.25, -0.2) is 0 Å². The van der Waals surface area contributed by atoms with Crippen LogP contribution >= 0.6 is 11.8 Å². The van der Waals surface area contributed by atoms with E-state index in [0.29, 0.717) is 5.75 Å². The number of rotatable bonds is 3. The van der Waals surface area contributed by atoms with Crippen LogP contribution in [0.4, 0.5) is 0 Å². The fourth-order valence-electron chi connectivity index (χ4n) is 0.909. The van der Waals surface area contributed by atoms with Crippen LogP contribution in [0.3, 0.4) is 0 Å². The molecular weight excluding hydrogens is 164 g/mol. The van der Waals surface area contributed by atoms with E-state index in [0.717, 1.165) is 5.75 Å². The number of esters is 2. The van der Waals surface area contributed by atoms with Gasteiger partial charge in [-0.15, -0.1) is 0 Å². The molecule has 0 aliphatic carbocycles. The molecule has 0 saturated carbocycles. The van der Waals surface area contributed by atoms with Crippen molar-refractivity contribution in [2.75, 3.05) is 11.5 Å². The molecule has 0 bridgehead atoms. The van der Waals surface area contributed by atoms with Crippen molar-refractivity contribution in [2.24, 2.45) is 5.92 Å². The number of carbonyl (C=O) groups excluding carboxylic acids is 2. The summed E-state index contributed by atoms with van der Waals surface area (Å²) in [4.78, 5) is 21.4. The van der Waals surface area contributed by atoms with Crippen LogP contribution in [0, 0.1) is 5.92 Å². The van der Waals surface area contributed by atoms with Crippen molar-refractivity contribution in [3.8, 4) is 0 Å². The smallest absolute Gasteiger partial charge is 0.318 e. The molecule has 0 aromatic carbocycles. The first-order valence-electron chi connectivity index (χ1n) is 3.56. The molecule has 0 N–H and O–H groups in total. The van der Waals surface area contributed by atoms with Crippen LogP contribution in [0.15, 0.2) is 0 Å². The van der Waals surface area contributed by atoms with Gasteiger partial charge in [-0.3, -0.25) is 9.59 Å². The fraction of sp³-hybridized carbons (Fsp3) is 0.714. The highest BCUT2D eigenvalue weighted by Gasteiger charge is 2.32. The largest absolute Gasteiger partial charge is 0.393 e. The van der Waals surface area contributed by atoms with Gasteiger partial charge in [0.1, 0.15) is 0 Å². The quantitative estimate of drug-likeness (QED) is 0.469. The SMILES string of the molecule is CCSCC1CC(=O)OC1=O. The van der Waals surface area contributed by atoms with Crippen LogP contribution in [0.25, 0.3) is 0 Å². The van der Waals surface area contributed by atoms with Crippen LogP contribution in [-0.2, 0) is 14.3 Å². The van der Waals surface area contributed by atoms with Crippen LogP contribution in [-0.4, -0.2) is 23.4 Å². The summed E-state index contributed by atoms with van der Waals surface area (Å²) in [7, 11) is 0.